The molecule has 4 heteroatoms. The zero-order valence-corrected chi connectivity index (χ0v) is 11.0. The molecular formula is C13H25N3O. The molecule has 0 saturated carbocycles. The molecule has 2 heterocycles. The first-order valence-electron chi connectivity index (χ1n) is 6.94. The summed E-state index contributed by atoms with van der Waals surface area (Å²) in [7, 11) is 0. The van der Waals surface area contributed by atoms with Crippen LogP contribution < -0.4 is 10.6 Å². The van der Waals surface area contributed by atoms with Crippen LogP contribution in [-0.4, -0.2) is 48.6 Å². The number of hydrogen-bond acceptors (Lipinski definition) is 3. The molecule has 1 unspecified atom stereocenters. The number of likely N-dealkylation sites (tertiary alicyclic amines) is 1. The van der Waals surface area contributed by atoms with Crippen molar-refractivity contribution in [3.63, 3.8) is 0 Å². The van der Waals surface area contributed by atoms with Gasteiger partial charge in [0, 0.05) is 25.2 Å². The number of nitrogens with one attached hydrogen (secondary N) is 2. The Morgan fingerprint density at radius 1 is 1.29 bits per heavy atom. The fourth-order valence-electron chi connectivity index (χ4n) is 2.77. The van der Waals surface area contributed by atoms with E-state index < -0.39 is 0 Å². The van der Waals surface area contributed by atoms with Crippen LogP contribution in [0.2, 0.25) is 0 Å². The Hall–Kier alpha value is -0.610. The van der Waals surface area contributed by atoms with Crippen LogP contribution >= 0.6 is 0 Å². The Kier molecular flexibility index (Phi) is 4.40. The zero-order chi connectivity index (χ0) is 12.3. The van der Waals surface area contributed by atoms with Crippen molar-refractivity contribution < 1.29 is 4.79 Å². The molecule has 0 aliphatic carbocycles. The van der Waals surface area contributed by atoms with Gasteiger partial charge in [-0.15, -0.1) is 0 Å². The first-order chi connectivity index (χ1) is 8.16. The van der Waals surface area contributed by atoms with Gasteiger partial charge in [0.1, 0.15) is 0 Å². The van der Waals surface area contributed by atoms with Crippen molar-refractivity contribution in [1.82, 2.24) is 15.5 Å². The van der Waals surface area contributed by atoms with Gasteiger partial charge in [-0.1, -0.05) is 0 Å². The zero-order valence-electron chi connectivity index (χ0n) is 11.0. The Morgan fingerprint density at radius 3 is 2.53 bits per heavy atom. The van der Waals surface area contributed by atoms with Crippen molar-refractivity contribution in [1.29, 1.82) is 0 Å². The fraction of sp³-hybridized carbons (Fsp3) is 0.923. The highest BCUT2D eigenvalue weighted by molar-refractivity contribution is 5.82. The normalized spacial score (nSPS) is 27.6. The summed E-state index contributed by atoms with van der Waals surface area (Å²) in [5, 5.41) is 6.44. The number of rotatable bonds is 3. The molecule has 0 aromatic heterocycles. The van der Waals surface area contributed by atoms with Crippen LogP contribution in [0.4, 0.5) is 0 Å². The summed E-state index contributed by atoms with van der Waals surface area (Å²) in [6.07, 6.45) is 4.31. The number of carbonyl (C=O) groups is 1. The van der Waals surface area contributed by atoms with E-state index in [1.807, 2.05) is 0 Å². The standard InChI is InChI=1S/C13H25N3O/c1-10(2)16-8-5-11(6-9-16)15-13(17)12-4-3-7-14-12/h10-12,14H,3-9H2,1-2H3,(H,15,17). The van der Waals surface area contributed by atoms with Crippen LogP contribution in [0, 0.1) is 0 Å². The molecule has 0 radical (unpaired) electrons. The van der Waals surface area contributed by atoms with Crippen molar-refractivity contribution in [3.05, 3.63) is 0 Å². The molecule has 0 aromatic carbocycles. The lowest BCUT2D eigenvalue weighted by Crippen LogP contribution is -2.50. The van der Waals surface area contributed by atoms with Crippen LogP contribution in [0.5, 0.6) is 0 Å². The number of nitrogens with zero attached hydrogens (tertiary/aromatic N) is 1. The Balaban J connectivity index is 1.72. The first-order valence-corrected chi connectivity index (χ1v) is 6.94. The molecule has 1 amide bonds. The first kappa shape index (κ1) is 12.8. The minimum Gasteiger partial charge on any atom is -0.352 e. The van der Waals surface area contributed by atoms with Crippen molar-refractivity contribution >= 4 is 5.91 Å². The lowest BCUT2D eigenvalue weighted by atomic mass is 10.0. The summed E-state index contributed by atoms with van der Waals surface area (Å²) in [6.45, 7) is 7.69. The molecule has 4 nitrogen and oxygen atoms in total. The highest BCUT2D eigenvalue weighted by Crippen LogP contribution is 2.14. The molecule has 2 N–H and O–H groups in total. The van der Waals surface area contributed by atoms with E-state index in [1.54, 1.807) is 0 Å². The summed E-state index contributed by atoms with van der Waals surface area (Å²) in [5.74, 6) is 0.213. The van der Waals surface area contributed by atoms with Crippen LogP contribution in [0.15, 0.2) is 0 Å². The van der Waals surface area contributed by atoms with Gasteiger partial charge >= 0.3 is 0 Å². The largest absolute Gasteiger partial charge is 0.352 e. The van der Waals surface area contributed by atoms with Crippen molar-refractivity contribution in [2.45, 2.75) is 57.7 Å². The van der Waals surface area contributed by atoms with Gasteiger partial charge in [-0.3, -0.25) is 4.79 Å². The summed E-state index contributed by atoms with van der Waals surface area (Å²) >= 11 is 0. The lowest BCUT2D eigenvalue weighted by molar-refractivity contribution is -0.123. The quantitative estimate of drug-likeness (QED) is 0.763. The summed E-state index contributed by atoms with van der Waals surface area (Å²) in [4.78, 5) is 14.4. The predicted molar refractivity (Wildman–Crippen MR) is 68.9 cm³/mol. The molecule has 0 bridgehead atoms. The van der Waals surface area contributed by atoms with E-state index in [2.05, 4.69) is 29.4 Å². The molecular weight excluding hydrogens is 214 g/mol. The highest BCUT2D eigenvalue weighted by atomic mass is 16.2. The maximum absolute atomic E-state index is 11.9. The van der Waals surface area contributed by atoms with Crippen LogP contribution in [-0.2, 0) is 4.79 Å². The van der Waals surface area contributed by atoms with Crippen LogP contribution in [0.1, 0.15) is 39.5 Å². The minimum absolute atomic E-state index is 0.0677. The van der Waals surface area contributed by atoms with Crippen LogP contribution in [0.3, 0.4) is 0 Å². The molecule has 0 spiro atoms. The van der Waals surface area contributed by atoms with Crippen molar-refractivity contribution in [2.75, 3.05) is 19.6 Å². The monoisotopic (exact) mass is 239 g/mol. The Labute approximate surface area is 104 Å². The number of carbonyl (C=O) groups excluding carboxylic acids is 1. The number of piperidine rings is 1. The smallest absolute Gasteiger partial charge is 0.237 e. The summed E-state index contributed by atoms with van der Waals surface area (Å²) < 4.78 is 0. The van der Waals surface area contributed by atoms with Gasteiger partial charge in [0.05, 0.1) is 6.04 Å². The maximum atomic E-state index is 11.9. The Bertz CT molecular complexity index is 253. The van der Waals surface area contributed by atoms with Crippen molar-refractivity contribution in [2.24, 2.45) is 0 Å². The maximum Gasteiger partial charge on any atom is 0.237 e. The summed E-state index contributed by atoms with van der Waals surface area (Å²) in [6, 6.07) is 1.08. The van der Waals surface area contributed by atoms with Gasteiger partial charge in [-0.05, 0) is 46.1 Å². The summed E-state index contributed by atoms with van der Waals surface area (Å²) in [5.41, 5.74) is 0. The fourth-order valence-corrected chi connectivity index (χ4v) is 2.77. The minimum atomic E-state index is 0.0677. The van der Waals surface area contributed by atoms with Crippen molar-refractivity contribution in [3.8, 4) is 0 Å². The van der Waals surface area contributed by atoms with Gasteiger partial charge in [0.25, 0.3) is 0 Å². The van der Waals surface area contributed by atoms with Gasteiger partial charge in [0.15, 0.2) is 0 Å². The molecule has 2 rings (SSSR count). The van der Waals surface area contributed by atoms with E-state index in [0.29, 0.717) is 12.1 Å². The second kappa shape index (κ2) is 5.83. The van der Waals surface area contributed by atoms with Crippen LogP contribution in [0.25, 0.3) is 0 Å². The topological polar surface area (TPSA) is 44.4 Å². The second-order valence-electron chi connectivity index (χ2n) is 5.56. The van der Waals surface area contributed by atoms with Gasteiger partial charge in [0.2, 0.25) is 5.91 Å². The molecule has 2 aliphatic rings. The molecule has 98 valence electrons. The predicted octanol–water partition coefficient (Wildman–Crippen LogP) is 0.727. The third kappa shape index (κ3) is 3.42. The molecule has 17 heavy (non-hydrogen) atoms. The molecule has 1 atom stereocenters. The van der Waals surface area contributed by atoms with E-state index in [1.165, 1.54) is 0 Å². The van der Waals surface area contributed by atoms with E-state index in [0.717, 1.165) is 45.3 Å². The molecule has 2 fully saturated rings. The SMILES string of the molecule is CC(C)N1CCC(NC(=O)C2CCCN2)CC1. The molecule has 2 aliphatic heterocycles. The van der Waals surface area contributed by atoms with E-state index >= 15 is 0 Å². The second-order valence-corrected chi connectivity index (χ2v) is 5.56. The third-order valence-electron chi connectivity index (χ3n) is 3.98. The van der Waals surface area contributed by atoms with Gasteiger partial charge in [-0.2, -0.15) is 0 Å². The molecule has 0 aromatic rings. The van der Waals surface area contributed by atoms with Gasteiger partial charge < -0.3 is 15.5 Å². The lowest BCUT2D eigenvalue weighted by Gasteiger charge is -2.35. The molecule has 2 saturated heterocycles. The van der Waals surface area contributed by atoms with E-state index in [9.17, 15) is 4.79 Å². The highest BCUT2D eigenvalue weighted by Gasteiger charge is 2.26. The van der Waals surface area contributed by atoms with E-state index in [-0.39, 0.29) is 11.9 Å². The average molecular weight is 239 g/mol. The average Bonchev–Trinajstić information content (AvgIpc) is 2.83. The number of hydrogen-bond donors (Lipinski definition) is 2. The van der Waals surface area contributed by atoms with Gasteiger partial charge in [-0.25, -0.2) is 0 Å². The third-order valence-corrected chi connectivity index (χ3v) is 3.98. The number of amides is 1. The Morgan fingerprint density at radius 2 is 2.00 bits per heavy atom. The van der Waals surface area contributed by atoms with E-state index in [4.69, 9.17) is 0 Å².